The first-order valence-electron chi connectivity index (χ1n) is 7.38. The number of primary sulfonamides is 1. The third-order valence-electron chi connectivity index (χ3n) is 3.48. The molecule has 2 aromatic carbocycles. The Morgan fingerprint density at radius 2 is 1.62 bits per heavy atom. The number of nitrogens with one attached hydrogen (secondary N) is 1. The van der Waals surface area contributed by atoms with Gasteiger partial charge in [-0.3, -0.25) is 4.79 Å². The lowest BCUT2D eigenvalue weighted by Gasteiger charge is -2.07. The van der Waals surface area contributed by atoms with Crippen molar-refractivity contribution in [3.05, 3.63) is 65.2 Å². The third-order valence-corrected chi connectivity index (χ3v) is 5.03. The van der Waals surface area contributed by atoms with Crippen molar-refractivity contribution in [2.75, 3.05) is 12.8 Å². The van der Waals surface area contributed by atoms with Crippen LogP contribution >= 0.6 is 11.8 Å². The normalized spacial score (nSPS) is 11.2. The first-order valence-corrected chi connectivity index (χ1v) is 10.3. The Labute approximate surface area is 146 Å². The number of thioether (sulfide) groups is 1. The molecular weight excluding hydrogens is 344 g/mol. The molecule has 1 amide bonds. The van der Waals surface area contributed by atoms with Gasteiger partial charge in [0.05, 0.1) is 4.90 Å². The molecule has 0 aliphatic heterocycles. The second-order valence-electron chi connectivity index (χ2n) is 5.32. The number of rotatable bonds is 7. The van der Waals surface area contributed by atoms with Crippen LogP contribution in [0.2, 0.25) is 0 Å². The maximum Gasteiger partial charge on any atom is 0.251 e. The Morgan fingerprint density at radius 1 is 1.04 bits per heavy atom. The van der Waals surface area contributed by atoms with Crippen LogP contribution in [0.25, 0.3) is 0 Å². The lowest BCUT2D eigenvalue weighted by molar-refractivity contribution is 0.0954. The lowest BCUT2D eigenvalue weighted by Crippen LogP contribution is -2.25. The largest absolute Gasteiger partial charge is 0.352 e. The van der Waals surface area contributed by atoms with Crippen molar-refractivity contribution in [2.45, 2.75) is 17.1 Å². The molecule has 3 N–H and O–H groups in total. The van der Waals surface area contributed by atoms with E-state index in [0.29, 0.717) is 18.5 Å². The van der Waals surface area contributed by atoms with E-state index in [9.17, 15) is 13.2 Å². The van der Waals surface area contributed by atoms with Gasteiger partial charge in [-0.2, -0.15) is 11.8 Å². The van der Waals surface area contributed by atoms with Crippen molar-refractivity contribution < 1.29 is 13.2 Å². The quantitative estimate of drug-likeness (QED) is 0.788. The van der Waals surface area contributed by atoms with Gasteiger partial charge < -0.3 is 5.32 Å². The zero-order valence-electron chi connectivity index (χ0n) is 13.4. The van der Waals surface area contributed by atoms with Crippen molar-refractivity contribution in [3.8, 4) is 0 Å². The summed E-state index contributed by atoms with van der Waals surface area (Å²) in [5, 5.41) is 7.91. The average Bonchev–Trinajstić information content (AvgIpc) is 2.55. The molecule has 7 heteroatoms. The molecule has 0 aromatic heterocycles. The fraction of sp³-hybridized carbons (Fsp3) is 0.235. The Hall–Kier alpha value is -1.83. The summed E-state index contributed by atoms with van der Waals surface area (Å²) in [5.74, 6) is 0.808. The summed E-state index contributed by atoms with van der Waals surface area (Å²) in [7, 11) is -3.67. The Bertz CT molecular complexity index is 786. The Kier molecular flexibility index (Phi) is 6.42. The van der Waals surface area contributed by atoms with Gasteiger partial charge in [0.2, 0.25) is 10.0 Å². The highest BCUT2D eigenvalue weighted by molar-refractivity contribution is 7.97. The van der Waals surface area contributed by atoms with E-state index >= 15 is 0 Å². The van der Waals surface area contributed by atoms with Crippen LogP contribution in [0.15, 0.2) is 53.4 Å². The minimum Gasteiger partial charge on any atom is -0.352 e. The van der Waals surface area contributed by atoms with Crippen molar-refractivity contribution in [1.29, 1.82) is 0 Å². The lowest BCUT2D eigenvalue weighted by atomic mass is 10.1. The number of nitrogens with two attached hydrogens (primary N) is 1. The summed E-state index contributed by atoms with van der Waals surface area (Å²) >= 11 is 1.74. The summed E-state index contributed by atoms with van der Waals surface area (Å²) in [4.78, 5) is 12.2. The molecule has 5 nitrogen and oxygen atoms in total. The molecule has 0 atom stereocenters. The van der Waals surface area contributed by atoms with E-state index in [1.165, 1.54) is 17.7 Å². The molecule has 0 fully saturated rings. The summed E-state index contributed by atoms with van der Waals surface area (Å²) in [6, 6.07) is 13.9. The predicted molar refractivity (Wildman–Crippen MR) is 97.5 cm³/mol. The highest BCUT2D eigenvalue weighted by Gasteiger charge is 2.07. The predicted octanol–water partition coefficient (Wildman–Crippen LogP) is 2.17. The number of hydrogen-bond acceptors (Lipinski definition) is 4. The molecule has 0 saturated heterocycles. The number of amides is 1. The van der Waals surface area contributed by atoms with Crippen LogP contribution in [0, 0.1) is 0 Å². The van der Waals surface area contributed by atoms with Crippen molar-refractivity contribution in [2.24, 2.45) is 5.14 Å². The summed E-state index contributed by atoms with van der Waals surface area (Å²) in [6.45, 7) is 0.472. The van der Waals surface area contributed by atoms with Crippen molar-refractivity contribution in [3.63, 3.8) is 0 Å². The minimum atomic E-state index is -3.67. The van der Waals surface area contributed by atoms with E-state index in [0.717, 1.165) is 11.3 Å². The molecule has 0 radical (unpaired) electrons. The molecule has 0 aliphatic carbocycles. The smallest absolute Gasteiger partial charge is 0.251 e. The zero-order valence-corrected chi connectivity index (χ0v) is 15.0. The Balaban J connectivity index is 1.86. The van der Waals surface area contributed by atoms with Gasteiger partial charge in [0, 0.05) is 17.9 Å². The number of hydrogen-bond donors (Lipinski definition) is 2. The molecule has 0 aliphatic rings. The van der Waals surface area contributed by atoms with Crippen LogP contribution in [-0.4, -0.2) is 27.1 Å². The van der Waals surface area contributed by atoms with Crippen molar-refractivity contribution in [1.82, 2.24) is 5.32 Å². The zero-order chi connectivity index (χ0) is 17.6. The monoisotopic (exact) mass is 364 g/mol. The number of carbonyl (C=O) groups excluding carboxylic acids is 1. The molecule has 128 valence electrons. The third kappa shape index (κ3) is 5.36. The van der Waals surface area contributed by atoms with E-state index in [1.54, 1.807) is 23.9 Å². The van der Waals surface area contributed by atoms with Gasteiger partial charge >= 0.3 is 0 Å². The number of carbonyl (C=O) groups is 1. The van der Waals surface area contributed by atoms with E-state index in [4.69, 9.17) is 5.14 Å². The minimum absolute atomic E-state index is 0.0839. The molecule has 2 rings (SSSR count). The van der Waals surface area contributed by atoms with E-state index in [1.807, 2.05) is 30.5 Å². The number of benzene rings is 2. The SMILES string of the molecule is CSCc1ccc(C(=O)NCCc2ccc(S(N)(=O)=O)cc2)cc1. The van der Waals surface area contributed by atoms with Gasteiger partial charge in [0.15, 0.2) is 0 Å². The van der Waals surface area contributed by atoms with E-state index < -0.39 is 10.0 Å². The first kappa shape index (κ1) is 18.5. The fourth-order valence-corrected chi connectivity index (χ4v) is 3.23. The first-order chi connectivity index (χ1) is 11.4. The Morgan fingerprint density at radius 3 is 2.17 bits per heavy atom. The van der Waals surface area contributed by atoms with Gasteiger partial charge in [-0.1, -0.05) is 24.3 Å². The molecule has 2 aromatic rings. The van der Waals surface area contributed by atoms with Crippen LogP contribution in [0.1, 0.15) is 21.5 Å². The van der Waals surface area contributed by atoms with Gasteiger partial charge in [0.25, 0.3) is 5.91 Å². The maximum atomic E-state index is 12.1. The topological polar surface area (TPSA) is 89.3 Å². The maximum absolute atomic E-state index is 12.1. The molecule has 0 heterocycles. The van der Waals surface area contributed by atoms with Gasteiger partial charge in [-0.05, 0) is 48.1 Å². The second kappa shape index (κ2) is 8.32. The standard InChI is InChI=1S/C17H20N2O3S2/c1-23-12-14-2-6-15(7-3-14)17(20)19-11-10-13-4-8-16(9-5-13)24(18,21)22/h2-9H,10-12H2,1H3,(H,19,20)(H2,18,21,22). The fourth-order valence-electron chi connectivity index (χ4n) is 2.19. The molecule has 0 bridgehead atoms. The van der Waals surface area contributed by atoms with Crippen LogP contribution in [0.3, 0.4) is 0 Å². The van der Waals surface area contributed by atoms with Crippen LogP contribution < -0.4 is 10.5 Å². The molecule has 0 unspecified atom stereocenters. The van der Waals surface area contributed by atoms with Gasteiger partial charge in [-0.15, -0.1) is 0 Å². The van der Waals surface area contributed by atoms with Gasteiger partial charge in [-0.25, -0.2) is 13.6 Å². The van der Waals surface area contributed by atoms with Crippen LogP contribution in [0.4, 0.5) is 0 Å². The highest BCUT2D eigenvalue weighted by atomic mass is 32.2. The van der Waals surface area contributed by atoms with E-state index in [-0.39, 0.29) is 10.8 Å². The van der Waals surface area contributed by atoms with Crippen molar-refractivity contribution >= 4 is 27.7 Å². The number of sulfonamides is 1. The van der Waals surface area contributed by atoms with Gasteiger partial charge in [0.1, 0.15) is 0 Å². The summed E-state index contributed by atoms with van der Waals surface area (Å²) in [6.07, 6.45) is 2.65. The second-order valence-corrected chi connectivity index (χ2v) is 7.75. The van der Waals surface area contributed by atoms with Crippen LogP contribution in [-0.2, 0) is 22.2 Å². The van der Waals surface area contributed by atoms with Crippen LogP contribution in [0.5, 0.6) is 0 Å². The van der Waals surface area contributed by atoms with E-state index in [2.05, 4.69) is 5.32 Å². The molecule has 0 spiro atoms. The molecular formula is C17H20N2O3S2. The molecule has 24 heavy (non-hydrogen) atoms. The summed E-state index contributed by atoms with van der Waals surface area (Å²) in [5.41, 5.74) is 2.75. The molecule has 0 saturated carbocycles. The highest BCUT2D eigenvalue weighted by Crippen LogP contribution is 2.11. The average molecular weight is 364 g/mol. The summed E-state index contributed by atoms with van der Waals surface area (Å²) < 4.78 is 22.4.